The number of furan rings is 1. The molecule has 0 radical (unpaired) electrons. The number of thioether (sulfide) groups is 1. The third kappa shape index (κ3) is 3.44. The average molecular weight is 409 g/mol. The lowest BCUT2D eigenvalue weighted by atomic mass is 10.0. The van der Waals surface area contributed by atoms with Crippen LogP contribution in [0.2, 0.25) is 0 Å². The Labute approximate surface area is 170 Å². The van der Waals surface area contributed by atoms with E-state index in [2.05, 4.69) is 10.3 Å². The summed E-state index contributed by atoms with van der Waals surface area (Å²) in [5.74, 6) is 0.225. The van der Waals surface area contributed by atoms with Gasteiger partial charge in [0.2, 0.25) is 0 Å². The lowest BCUT2D eigenvalue weighted by molar-refractivity contribution is -0.115. The number of pyridine rings is 1. The number of carbonyl (C=O) groups is 2. The minimum atomic E-state index is -0.233. The molecule has 6 nitrogen and oxygen atoms in total. The van der Waals surface area contributed by atoms with Crippen LogP contribution in [0.4, 0.5) is 0 Å². The number of aromatic nitrogens is 1. The summed E-state index contributed by atoms with van der Waals surface area (Å²) in [7, 11) is 3.43. The first-order valence-electron chi connectivity index (χ1n) is 8.37. The fourth-order valence-corrected chi connectivity index (χ4v) is 3.91. The monoisotopic (exact) mass is 409 g/mol. The van der Waals surface area contributed by atoms with Gasteiger partial charge in [-0.15, -0.1) is 0 Å². The molecule has 0 atom stereocenters. The van der Waals surface area contributed by atoms with Crippen LogP contribution in [-0.2, 0) is 4.79 Å². The normalized spacial score (nSPS) is 15.3. The highest BCUT2D eigenvalue weighted by molar-refractivity contribution is 8.26. The molecule has 8 heteroatoms. The van der Waals surface area contributed by atoms with E-state index in [1.165, 1.54) is 16.7 Å². The molecule has 4 rings (SSSR count). The van der Waals surface area contributed by atoms with Gasteiger partial charge in [-0.3, -0.25) is 14.6 Å². The molecule has 1 saturated heterocycles. The van der Waals surface area contributed by atoms with Crippen molar-refractivity contribution < 1.29 is 14.0 Å². The predicted octanol–water partition coefficient (Wildman–Crippen LogP) is 3.69. The fraction of sp³-hybridized carbons (Fsp3) is 0.100. The van der Waals surface area contributed by atoms with E-state index in [4.69, 9.17) is 16.6 Å². The van der Waals surface area contributed by atoms with Gasteiger partial charge in [0, 0.05) is 49.1 Å². The Hall–Kier alpha value is -2.97. The van der Waals surface area contributed by atoms with Gasteiger partial charge in [0.15, 0.2) is 0 Å². The topological polar surface area (TPSA) is 75.4 Å². The second-order valence-electron chi connectivity index (χ2n) is 6.39. The molecule has 1 aliphatic heterocycles. The van der Waals surface area contributed by atoms with Crippen LogP contribution >= 0.6 is 24.0 Å². The van der Waals surface area contributed by atoms with E-state index in [-0.39, 0.29) is 11.8 Å². The minimum Gasteiger partial charge on any atom is -0.456 e. The maximum Gasteiger partial charge on any atom is 0.263 e. The van der Waals surface area contributed by atoms with Crippen LogP contribution in [0.5, 0.6) is 0 Å². The number of carbonyl (C=O) groups excluding carboxylic acids is 2. The SMILES string of the molecule is CN(C)C(=O)c1cccc(-c2cncc3cc(C=C4SC(=S)NC4=O)oc23)c1. The summed E-state index contributed by atoms with van der Waals surface area (Å²) in [6.07, 6.45) is 5.06. The third-order valence-electron chi connectivity index (χ3n) is 4.18. The summed E-state index contributed by atoms with van der Waals surface area (Å²) in [5, 5.41) is 3.39. The third-order valence-corrected chi connectivity index (χ3v) is 5.35. The molecular weight excluding hydrogens is 394 g/mol. The molecule has 2 aromatic heterocycles. The molecule has 3 aromatic rings. The number of thiocarbonyl (C=S) groups is 1. The number of rotatable bonds is 3. The van der Waals surface area contributed by atoms with E-state index in [0.29, 0.717) is 26.1 Å². The highest BCUT2D eigenvalue weighted by atomic mass is 32.2. The van der Waals surface area contributed by atoms with Crippen LogP contribution in [0.25, 0.3) is 28.2 Å². The smallest absolute Gasteiger partial charge is 0.263 e. The van der Waals surface area contributed by atoms with E-state index < -0.39 is 0 Å². The molecule has 1 fully saturated rings. The molecule has 0 unspecified atom stereocenters. The molecule has 0 bridgehead atoms. The number of nitrogens with one attached hydrogen (secondary N) is 1. The number of benzene rings is 1. The van der Waals surface area contributed by atoms with Crippen molar-refractivity contribution in [1.29, 1.82) is 0 Å². The Morgan fingerprint density at radius 3 is 2.82 bits per heavy atom. The van der Waals surface area contributed by atoms with Crippen molar-refractivity contribution in [2.75, 3.05) is 14.1 Å². The molecule has 1 N–H and O–H groups in total. The summed E-state index contributed by atoms with van der Waals surface area (Å²) in [6, 6.07) is 9.15. The molecule has 1 aliphatic rings. The first-order chi connectivity index (χ1) is 13.4. The average Bonchev–Trinajstić information content (AvgIpc) is 3.22. The van der Waals surface area contributed by atoms with Gasteiger partial charge in [-0.2, -0.15) is 0 Å². The molecule has 3 heterocycles. The van der Waals surface area contributed by atoms with Crippen molar-refractivity contribution in [3.05, 3.63) is 59.0 Å². The van der Waals surface area contributed by atoms with Crippen LogP contribution in [0, 0.1) is 0 Å². The summed E-state index contributed by atoms with van der Waals surface area (Å²) in [5.41, 5.74) is 2.83. The van der Waals surface area contributed by atoms with Gasteiger partial charge in [0.25, 0.3) is 11.8 Å². The number of hydrogen-bond donors (Lipinski definition) is 1. The molecule has 28 heavy (non-hydrogen) atoms. The summed E-state index contributed by atoms with van der Waals surface area (Å²) < 4.78 is 6.43. The summed E-state index contributed by atoms with van der Waals surface area (Å²) in [6.45, 7) is 0. The lowest BCUT2D eigenvalue weighted by Crippen LogP contribution is -2.21. The first kappa shape index (κ1) is 18.4. The lowest BCUT2D eigenvalue weighted by Gasteiger charge is -2.11. The van der Waals surface area contributed by atoms with Crippen LogP contribution < -0.4 is 5.32 Å². The van der Waals surface area contributed by atoms with Crippen molar-refractivity contribution in [2.24, 2.45) is 0 Å². The minimum absolute atomic E-state index is 0.0768. The van der Waals surface area contributed by atoms with E-state index in [1.54, 1.807) is 38.6 Å². The van der Waals surface area contributed by atoms with Gasteiger partial charge in [0.1, 0.15) is 15.7 Å². The molecule has 140 valence electrons. The molecule has 1 aromatic carbocycles. The van der Waals surface area contributed by atoms with E-state index in [0.717, 1.165) is 16.5 Å². The number of amides is 2. The van der Waals surface area contributed by atoms with Gasteiger partial charge in [-0.1, -0.05) is 36.1 Å². The van der Waals surface area contributed by atoms with Crippen LogP contribution in [0.3, 0.4) is 0 Å². The fourth-order valence-electron chi connectivity index (χ4n) is 2.89. The van der Waals surface area contributed by atoms with E-state index in [1.807, 2.05) is 24.3 Å². The maximum atomic E-state index is 12.3. The van der Waals surface area contributed by atoms with Crippen molar-refractivity contribution in [3.8, 4) is 11.1 Å². The molecular formula is C20H15N3O3S2. The quantitative estimate of drug-likeness (QED) is 0.525. The first-order valence-corrected chi connectivity index (χ1v) is 9.59. The molecule has 2 amide bonds. The predicted molar refractivity (Wildman–Crippen MR) is 114 cm³/mol. The van der Waals surface area contributed by atoms with E-state index in [9.17, 15) is 9.59 Å². The highest BCUT2D eigenvalue weighted by Gasteiger charge is 2.23. The molecule has 0 spiro atoms. The Balaban J connectivity index is 1.77. The number of nitrogens with zero attached hydrogens (tertiary/aromatic N) is 2. The van der Waals surface area contributed by atoms with Gasteiger partial charge in [-0.25, -0.2) is 0 Å². The Morgan fingerprint density at radius 2 is 2.11 bits per heavy atom. The largest absolute Gasteiger partial charge is 0.456 e. The number of hydrogen-bond acceptors (Lipinski definition) is 6. The zero-order chi connectivity index (χ0) is 19.8. The van der Waals surface area contributed by atoms with Crippen LogP contribution in [0.15, 0.2) is 52.0 Å². The summed E-state index contributed by atoms with van der Waals surface area (Å²) in [4.78, 5) is 30.5. The Bertz CT molecular complexity index is 1160. The standard InChI is InChI=1S/C20H15N3O3S2/c1-23(2)19(25)12-5-3-4-11(6-12)15-10-21-9-13-7-14(26-17(13)15)8-16-18(24)22-20(27)28-16/h3-10H,1-2H3,(H,22,24,27). The zero-order valence-corrected chi connectivity index (χ0v) is 16.7. The zero-order valence-electron chi connectivity index (χ0n) is 15.1. The maximum absolute atomic E-state index is 12.3. The van der Waals surface area contributed by atoms with Gasteiger partial charge < -0.3 is 14.6 Å². The Morgan fingerprint density at radius 1 is 1.29 bits per heavy atom. The Kier molecular flexibility index (Phi) is 4.74. The van der Waals surface area contributed by atoms with Crippen molar-refractivity contribution >= 4 is 57.2 Å². The second-order valence-corrected chi connectivity index (χ2v) is 8.11. The van der Waals surface area contributed by atoms with Crippen molar-refractivity contribution in [3.63, 3.8) is 0 Å². The second kappa shape index (κ2) is 7.21. The molecule has 0 aliphatic carbocycles. The summed E-state index contributed by atoms with van der Waals surface area (Å²) >= 11 is 6.21. The van der Waals surface area contributed by atoms with Crippen LogP contribution in [0.1, 0.15) is 16.1 Å². The van der Waals surface area contributed by atoms with Gasteiger partial charge in [0.05, 0.1) is 4.91 Å². The van der Waals surface area contributed by atoms with E-state index >= 15 is 0 Å². The van der Waals surface area contributed by atoms with Gasteiger partial charge >= 0.3 is 0 Å². The number of fused-ring (bicyclic) bond motifs is 1. The van der Waals surface area contributed by atoms with Crippen molar-refractivity contribution in [1.82, 2.24) is 15.2 Å². The highest BCUT2D eigenvalue weighted by Crippen LogP contribution is 2.33. The van der Waals surface area contributed by atoms with Crippen molar-refractivity contribution in [2.45, 2.75) is 0 Å². The molecule has 0 saturated carbocycles. The van der Waals surface area contributed by atoms with Crippen LogP contribution in [-0.4, -0.2) is 40.1 Å². The van der Waals surface area contributed by atoms with Gasteiger partial charge in [-0.05, 0) is 23.8 Å².